The maximum Gasteiger partial charge on any atom is 0.200 e. The van der Waals surface area contributed by atoms with E-state index in [0.29, 0.717) is 11.1 Å². The molecule has 1 aromatic carbocycles. The Morgan fingerprint density at radius 1 is 1.33 bits per heavy atom. The van der Waals surface area contributed by atoms with Crippen LogP contribution in [0.1, 0.15) is 12.0 Å². The van der Waals surface area contributed by atoms with Gasteiger partial charge in [-0.1, -0.05) is 0 Å². The van der Waals surface area contributed by atoms with Crippen molar-refractivity contribution in [3.05, 3.63) is 35.0 Å². The fourth-order valence-corrected chi connectivity index (χ4v) is 3.13. The van der Waals surface area contributed by atoms with Crippen molar-refractivity contribution >= 4 is 15.4 Å². The Kier molecular flexibility index (Phi) is 2.36. The third-order valence-corrected chi connectivity index (χ3v) is 3.84. The number of benzene rings is 1. The molecule has 3 nitrogen and oxygen atoms in total. The van der Waals surface area contributed by atoms with E-state index in [1.54, 1.807) is 0 Å². The van der Waals surface area contributed by atoms with Crippen LogP contribution in [0.25, 0.3) is 5.57 Å². The Labute approximate surface area is 86.8 Å². The Hall–Kier alpha value is -1.20. The van der Waals surface area contributed by atoms with Crippen LogP contribution in [0.3, 0.4) is 0 Å². The van der Waals surface area contributed by atoms with E-state index in [1.807, 2.05) is 0 Å². The second kappa shape index (κ2) is 3.43. The van der Waals surface area contributed by atoms with Crippen molar-refractivity contribution in [1.82, 2.24) is 0 Å². The van der Waals surface area contributed by atoms with Crippen LogP contribution in [0.2, 0.25) is 0 Å². The van der Waals surface area contributed by atoms with Gasteiger partial charge in [-0.2, -0.15) is 0 Å². The van der Waals surface area contributed by atoms with E-state index in [4.69, 9.17) is 5.11 Å². The molecular formula is C10H9FO3S. The molecule has 15 heavy (non-hydrogen) atoms. The van der Waals surface area contributed by atoms with Crippen LogP contribution in [0, 0.1) is 5.82 Å². The minimum atomic E-state index is -3.43. The minimum absolute atomic E-state index is 0.118. The van der Waals surface area contributed by atoms with Gasteiger partial charge in [0.1, 0.15) is 5.82 Å². The van der Waals surface area contributed by atoms with Gasteiger partial charge in [0.15, 0.2) is 0 Å². The van der Waals surface area contributed by atoms with Crippen molar-refractivity contribution in [1.29, 1.82) is 0 Å². The van der Waals surface area contributed by atoms with Crippen molar-refractivity contribution in [2.75, 3.05) is 6.61 Å². The van der Waals surface area contributed by atoms with Gasteiger partial charge in [0.2, 0.25) is 9.84 Å². The van der Waals surface area contributed by atoms with Crippen molar-refractivity contribution in [3.63, 3.8) is 0 Å². The maximum atomic E-state index is 12.9. The van der Waals surface area contributed by atoms with Crippen molar-refractivity contribution in [2.24, 2.45) is 0 Å². The highest BCUT2D eigenvalue weighted by molar-refractivity contribution is 7.95. The van der Waals surface area contributed by atoms with Gasteiger partial charge in [-0.3, -0.25) is 0 Å². The van der Waals surface area contributed by atoms with Crippen LogP contribution in [0.15, 0.2) is 28.5 Å². The van der Waals surface area contributed by atoms with Crippen LogP contribution in [0.4, 0.5) is 4.39 Å². The molecule has 2 rings (SSSR count). The van der Waals surface area contributed by atoms with Crippen molar-refractivity contribution < 1.29 is 17.9 Å². The molecule has 0 fully saturated rings. The van der Waals surface area contributed by atoms with E-state index in [9.17, 15) is 12.8 Å². The highest BCUT2D eigenvalue weighted by Crippen LogP contribution is 2.35. The summed E-state index contributed by atoms with van der Waals surface area (Å²) in [7, 11) is -3.43. The molecule has 1 N–H and O–H groups in total. The molecule has 1 aromatic rings. The molecule has 5 heteroatoms. The first-order chi connectivity index (χ1) is 7.04. The third kappa shape index (κ3) is 1.68. The lowest BCUT2D eigenvalue weighted by Gasteiger charge is -2.02. The molecule has 0 bridgehead atoms. The molecule has 80 valence electrons. The first kappa shape index (κ1) is 10.3. The predicted octanol–water partition coefficient (Wildman–Crippen LogP) is 1.34. The molecule has 1 heterocycles. The zero-order valence-corrected chi connectivity index (χ0v) is 8.59. The van der Waals surface area contributed by atoms with E-state index in [-0.39, 0.29) is 17.9 Å². The first-order valence-electron chi connectivity index (χ1n) is 4.41. The number of rotatable bonds is 2. The molecule has 0 aliphatic carbocycles. The van der Waals surface area contributed by atoms with Gasteiger partial charge in [0, 0.05) is 17.6 Å². The molecule has 0 saturated heterocycles. The summed E-state index contributed by atoms with van der Waals surface area (Å²) < 4.78 is 36.1. The number of sulfone groups is 1. The average molecular weight is 228 g/mol. The van der Waals surface area contributed by atoms with Gasteiger partial charge >= 0.3 is 0 Å². The summed E-state index contributed by atoms with van der Waals surface area (Å²) >= 11 is 0. The SMILES string of the molecule is O=S1(=O)C=C(CCO)c2cc(F)ccc21. The summed E-state index contributed by atoms with van der Waals surface area (Å²) in [4.78, 5) is 0.118. The zero-order valence-electron chi connectivity index (χ0n) is 7.77. The van der Waals surface area contributed by atoms with Gasteiger partial charge in [-0.25, -0.2) is 12.8 Å². The van der Waals surface area contributed by atoms with E-state index in [0.717, 1.165) is 11.5 Å². The highest BCUT2D eigenvalue weighted by atomic mass is 32.2. The fourth-order valence-electron chi connectivity index (χ4n) is 1.63. The Morgan fingerprint density at radius 2 is 2.07 bits per heavy atom. The van der Waals surface area contributed by atoms with E-state index < -0.39 is 15.7 Å². The molecule has 1 aliphatic heterocycles. The van der Waals surface area contributed by atoms with Crippen molar-refractivity contribution in [2.45, 2.75) is 11.3 Å². The average Bonchev–Trinajstić information content (AvgIpc) is 2.39. The van der Waals surface area contributed by atoms with Crippen molar-refractivity contribution in [3.8, 4) is 0 Å². The van der Waals surface area contributed by atoms with Crippen LogP contribution < -0.4 is 0 Å². The molecule has 0 aromatic heterocycles. The van der Waals surface area contributed by atoms with Crippen LogP contribution in [-0.2, 0) is 9.84 Å². The van der Waals surface area contributed by atoms with Crippen LogP contribution >= 0.6 is 0 Å². The number of aliphatic hydroxyl groups is 1. The second-order valence-electron chi connectivity index (χ2n) is 3.30. The standard InChI is InChI=1S/C10H9FO3S/c11-8-1-2-10-9(5-8)7(3-4-12)6-15(10,13)14/h1-2,5-6,12H,3-4H2. The summed E-state index contributed by atoms with van der Waals surface area (Å²) in [5.74, 6) is -0.477. The quantitative estimate of drug-likeness (QED) is 0.777. The van der Waals surface area contributed by atoms with E-state index in [2.05, 4.69) is 0 Å². The number of fused-ring (bicyclic) bond motifs is 1. The lowest BCUT2D eigenvalue weighted by atomic mass is 10.1. The number of hydrogen-bond donors (Lipinski definition) is 1. The summed E-state index contributed by atoms with van der Waals surface area (Å²) in [6, 6.07) is 3.55. The summed E-state index contributed by atoms with van der Waals surface area (Å²) in [5, 5.41) is 9.85. The fraction of sp³-hybridized carbons (Fsp3) is 0.200. The van der Waals surface area contributed by atoms with Gasteiger partial charge in [0.05, 0.1) is 4.90 Å². The molecule has 0 saturated carbocycles. The van der Waals surface area contributed by atoms with Gasteiger partial charge < -0.3 is 5.11 Å². The normalized spacial score (nSPS) is 17.3. The number of halogens is 1. The Morgan fingerprint density at radius 3 is 2.73 bits per heavy atom. The van der Waals surface area contributed by atoms with E-state index in [1.165, 1.54) is 12.1 Å². The predicted molar refractivity (Wildman–Crippen MR) is 53.3 cm³/mol. The molecule has 0 unspecified atom stereocenters. The zero-order chi connectivity index (χ0) is 11.1. The molecule has 0 spiro atoms. The maximum absolute atomic E-state index is 12.9. The minimum Gasteiger partial charge on any atom is -0.396 e. The Bertz CT molecular complexity index is 532. The lowest BCUT2D eigenvalue weighted by molar-refractivity contribution is 0.305. The molecular weight excluding hydrogens is 219 g/mol. The largest absolute Gasteiger partial charge is 0.396 e. The topological polar surface area (TPSA) is 54.4 Å². The van der Waals surface area contributed by atoms with E-state index >= 15 is 0 Å². The molecule has 0 amide bonds. The highest BCUT2D eigenvalue weighted by Gasteiger charge is 2.26. The first-order valence-corrected chi connectivity index (χ1v) is 5.95. The monoisotopic (exact) mass is 228 g/mol. The third-order valence-electron chi connectivity index (χ3n) is 2.27. The number of aliphatic hydroxyl groups excluding tert-OH is 1. The van der Waals surface area contributed by atoms with Gasteiger partial charge in [-0.15, -0.1) is 0 Å². The van der Waals surface area contributed by atoms with Crippen LogP contribution in [0.5, 0.6) is 0 Å². The lowest BCUT2D eigenvalue weighted by Crippen LogP contribution is -1.93. The van der Waals surface area contributed by atoms with Gasteiger partial charge in [-0.05, 0) is 30.2 Å². The Balaban J connectivity index is 2.63. The number of hydrogen-bond acceptors (Lipinski definition) is 3. The summed E-state index contributed by atoms with van der Waals surface area (Å²) in [6.07, 6.45) is 0.218. The second-order valence-corrected chi connectivity index (χ2v) is 5.07. The molecule has 0 radical (unpaired) electrons. The molecule has 1 aliphatic rings. The summed E-state index contributed by atoms with van der Waals surface area (Å²) in [6.45, 7) is -0.155. The molecule has 0 atom stereocenters. The van der Waals surface area contributed by atoms with Gasteiger partial charge in [0.25, 0.3) is 0 Å². The van der Waals surface area contributed by atoms with Crippen LogP contribution in [-0.4, -0.2) is 20.1 Å². The smallest absolute Gasteiger partial charge is 0.200 e. The summed E-state index contributed by atoms with van der Waals surface area (Å²) in [5.41, 5.74) is 0.830.